The van der Waals surface area contributed by atoms with Crippen molar-refractivity contribution in [2.45, 2.75) is 25.8 Å². The van der Waals surface area contributed by atoms with Crippen LogP contribution in [0.25, 0.3) is 0 Å². The summed E-state index contributed by atoms with van der Waals surface area (Å²) in [5.41, 5.74) is 0.450. The monoisotopic (exact) mass is 392 g/mol. The fourth-order valence-corrected chi connectivity index (χ4v) is 2.24. The molecular formula is C19H24N2O7. The molecule has 1 aromatic carbocycles. The average Bonchev–Trinajstić information content (AvgIpc) is 3.47. The normalized spacial score (nSPS) is 12.7. The van der Waals surface area contributed by atoms with E-state index in [-0.39, 0.29) is 30.0 Å². The van der Waals surface area contributed by atoms with E-state index in [1.54, 1.807) is 6.07 Å². The lowest BCUT2D eigenvalue weighted by atomic mass is 10.1. The highest BCUT2D eigenvalue weighted by molar-refractivity contribution is 5.94. The molecule has 2 rings (SSSR count). The molecule has 152 valence electrons. The third-order valence-corrected chi connectivity index (χ3v) is 4.02. The molecule has 0 aliphatic heterocycles. The van der Waals surface area contributed by atoms with Gasteiger partial charge in [0, 0.05) is 18.7 Å². The van der Waals surface area contributed by atoms with Gasteiger partial charge >= 0.3 is 5.97 Å². The van der Waals surface area contributed by atoms with Crippen LogP contribution in [0.1, 0.15) is 30.1 Å². The zero-order valence-corrected chi connectivity index (χ0v) is 16.1. The minimum absolute atomic E-state index is 0.0942. The Bertz CT molecular complexity index is 759. The lowest BCUT2D eigenvalue weighted by Crippen LogP contribution is -2.40. The van der Waals surface area contributed by atoms with E-state index in [1.807, 2.05) is 0 Å². The van der Waals surface area contributed by atoms with Gasteiger partial charge in [-0.2, -0.15) is 0 Å². The number of nitrogens with zero attached hydrogens (tertiary/aromatic N) is 1. The first-order chi connectivity index (χ1) is 13.3. The molecule has 1 aromatic rings. The Balaban J connectivity index is 1.75. The van der Waals surface area contributed by atoms with Crippen molar-refractivity contribution >= 4 is 23.6 Å². The molecule has 0 spiro atoms. The number of likely N-dealkylation sites (N-methyl/N-ethyl adjacent to an activating group) is 1. The quantitative estimate of drug-likeness (QED) is 0.457. The van der Waals surface area contributed by atoms with Crippen molar-refractivity contribution in [3.8, 4) is 11.5 Å². The first kappa shape index (κ1) is 21.2. The van der Waals surface area contributed by atoms with Crippen molar-refractivity contribution < 1.29 is 33.4 Å². The number of esters is 1. The Labute approximate surface area is 162 Å². The number of Topliss-reactive ketones (excluding diaryl/α,β-unsaturated/α-hetero) is 1. The molecule has 0 heterocycles. The van der Waals surface area contributed by atoms with Crippen LogP contribution in [0.2, 0.25) is 0 Å². The minimum Gasteiger partial charge on any atom is -0.493 e. The van der Waals surface area contributed by atoms with Crippen LogP contribution < -0.4 is 14.8 Å². The number of carbonyl (C=O) groups is 4. The molecule has 28 heavy (non-hydrogen) atoms. The maximum absolute atomic E-state index is 11.9. The number of benzene rings is 1. The van der Waals surface area contributed by atoms with E-state index in [0.717, 1.165) is 12.8 Å². The molecular weight excluding hydrogens is 368 g/mol. The van der Waals surface area contributed by atoms with Gasteiger partial charge in [-0.3, -0.25) is 14.4 Å². The Hall–Kier alpha value is -3.10. The lowest BCUT2D eigenvalue weighted by Gasteiger charge is -2.17. The molecule has 9 heteroatoms. The molecule has 1 fully saturated rings. The Morgan fingerprint density at radius 1 is 1.14 bits per heavy atom. The van der Waals surface area contributed by atoms with Gasteiger partial charge in [-0.15, -0.1) is 0 Å². The zero-order valence-electron chi connectivity index (χ0n) is 16.1. The standard InChI is InChI=1S/C19H24N2O7/c1-12(22)13-4-7-15(16(8-13)26-3)27-11-19(25)28-10-18(24)21(2)9-17(23)20-14-5-6-14/h4,7-8,14H,5-6,9-11H2,1-3H3,(H,20,23). The SMILES string of the molecule is COc1cc(C(C)=O)ccc1OCC(=O)OCC(=O)N(C)CC(=O)NC1CC1. The topological polar surface area (TPSA) is 111 Å². The number of amides is 2. The van der Waals surface area contributed by atoms with Gasteiger partial charge < -0.3 is 24.4 Å². The second-order valence-electron chi connectivity index (χ2n) is 6.46. The fourth-order valence-electron chi connectivity index (χ4n) is 2.24. The summed E-state index contributed by atoms with van der Waals surface area (Å²) in [5, 5.41) is 2.77. The summed E-state index contributed by atoms with van der Waals surface area (Å²) < 4.78 is 15.3. The summed E-state index contributed by atoms with van der Waals surface area (Å²) >= 11 is 0. The number of carbonyl (C=O) groups excluding carboxylic acids is 4. The van der Waals surface area contributed by atoms with Crippen molar-refractivity contribution in [2.75, 3.05) is 33.9 Å². The molecule has 9 nitrogen and oxygen atoms in total. The van der Waals surface area contributed by atoms with E-state index < -0.39 is 25.1 Å². The van der Waals surface area contributed by atoms with Crippen molar-refractivity contribution in [2.24, 2.45) is 0 Å². The van der Waals surface area contributed by atoms with Gasteiger partial charge in [0.25, 0.3) is 5.91 Å². The maximum atomic E-state index is 11.9. The molecule has 0 radical (unpaired) electrons. The van der Waals surface area contributed by atoms with Gasteiger partial charge in [-0.25, -0.2) is 4.79 Å². The van der Waals surface area contributed by atoms with Gasteiger partial charge in [-0.05, 0) is 38.0 Å². The lowest BCUT2D eigenvalue weighted by molar-refractivity contribution is -0.153. The van der Waals surface area contributed by atoms with Crippen LogP contribution in [0.4, 0.5) is 0 Å². The molecule has 1 saturated carbocycles. The molecule has 2 amide bonds. The minimum atomic E-state index is -0.748. The maximum Gasteiger partial charge on any atom is 0.344 e. The van der Waals surface area contributed by atoms with Crippen LogP contribution in [-0.4, -0.2) is 68.4 Å². The van der Waals surface area contributed by atoms with E-state index in [9.17, 15) is 19.2 Å². The smallest absolute Gasteiger partial charge is 0.344 e. The molecule has 0 saturated heterocycles. The third-order valence-electron chi connectivity index (χ3n) is 4.02. The fraction of sp³-hybridized carbons (Fsp3) is 0.474. The highest BCUT2D eigenvalue weighted by Crippen LogP contribution is 2.28. The van der Waals surface area contributed by atoms with E-state index >= 15 is 0 Å². The van der Waals surface area contributed by atoms with Crippen molar-refractivity contribution in [3.63, 3.8) is 0 Å². The molecule has 1 N–H and O–H groups in total. The third kappa shape index (κ3) is 6.57. The summed E-state index contributed by atoms with van der Waals surface area (Å²) in [6.45, 7) is 0.407. The van der Waals surface area contributed by atoms with Crippen molar-refractivity contribution in [3.05, 3.63) is 23.8 Å². The molecule has 1 aliphatic rings. The Morgan fingerprint density at radius 3 is 2.46 bits per heavy atom. The summed E-state index contributed by atoms with van der Waals surface area (Å²) in [6, 6.07) is 4.79. The van der Waals surface area contributed by atoms with E-state index in [4.69, 9.17) is 14.2 Å². The highest BCUT2D eigenvalue weighted by atomic mass is 16.6. The number of ketones is 1. The highest BCUT2D eigenvalue weighted by Gasteiger charge is 2.24. The van der Waals surface area contributed by atoms with Crippen LogP contribution in [0.15, 0.2) is 18.2 Å². The second-order valence-corrected chi connectivity index (χ2v) is 6.46. The molecule has 1 aliphatic carbocycles. The van der Waals surface area contributed by atoms with E-state index in [2.05, 4.69) is 5.32 Å². The predicted molar refractivity (Wildman–Crippen MR) is 98.3 cm³/mol. The summed E-state index contributed by atoms with van der Waals surface area (Å²) in [4.78, 5) is 48.0. The first-order valence-electron chi connectivity index (χ1n) is 8.81. The number of hydrogen-bond donors (Lipinski definition) is 1. The molecule has 0 bridgehead atoms. The van der Waals surface area contributed by atoms with Crippen molar-refractivity contribution in [1.29, 1.82) is 0 Å². The van der Waals surface area contributed by atoms with Crippen LogP contribution in [0, 0.1) is 0 Å². The van der Waals surface area contributed by atoms with E-state index in [0.29, 0.717) is 11.3 Å². The molecule has 0 unspecified atom stereocenters. The first-order valence-corrected chi connectivity index (χ1v) is 8.81. The zero-order chi connectivity index (χ0) is 20.7. The number of nitrogens with one attached hydrogen (secondary N) is 1. The van der Waals surface area contributed by atoms with Crippen molar-refractivity contribution in [1.82, 2.24) is 10.2 Å². The Kier molecular flexibility index (Phi) is 7.36. The van der Waals surface area contributed by atoms with E-state index in [1.165, 1.54) is 38.1 Å². The van der Waals surface area contributed by atoms with Gasteiger partial charge in [0.15, 0.2) is 30.5 Å². The predicted octanol–water partition coefficient (Wildman–Crippen LogP) is 0.557. The van der Waals surface area contributed by atoms with Crippen LogP contribution >= 0.6 is 0 Å². The largest absolute Gasteiger partial charge is 0.493 e. The summed E-state index contributed by atoms with van der Waals surface area (Å²) in [6.07, 6.45) is 1.92. The summed E-state index contributed by atoms with van der Waals surface area (Å²) in [5.74, 6) is -1.04. The number of rotatable bonds is 10. The van der Waals surface area contributed by atoms with Gasteiger partial charge in [0.05, 0.1) is 13.7 Å². The van der Waals surface area contributed by atoms with Crippen LogP contribution in [-0.2, 0) is 19.1 Å². The van der Waals surface area contributed by atoms with Crippen LogP contribution in [0.5, 0.6) is 11.5 Å². The van der Waals surface area contributed by atoms with Gasteiger partial charge in [0.2, 0.25) is 5.91 Å². The number of methoxy groups -OCH3 is 1. The number of ether oxygens (including phenoxy) is 3. The average molecular weight is 392 g/mol. The number of hydrogen-bond acceptors (Lipinski definition) is 7. The second kappa shape index (κ2) is 9.72. The molecule has 0 aromatic heterocycles. The van der Waals surface area contributed by atoms with Gasteiger partial charge in [0.1, 0.15) is 0 Å². The molecule has 0 atom stereocenters. The Morgan fingerprint density at radius 2 is 1.86 bits per heavy atom. The van der Waals surface area contributed by atoms with Gasteiger partial charge in [-0.1, -0.05) is 0 Å². The summed E-state index contributed by atoms with van der Waals surface area (Å²) in [7, 11) is 2.87. The van der Waals surface area contributed by atoms with Crippen LogP contribution in [0.3, 0.4) is 0 Å².